The third kappa shape index (κ3) is 5.39. The molecule has 0 radical (unpaired) electrons. The first-order valence-electron chi connectivity index (χ1n) is 12.4. The minimum atomic E-state index is -4.68. The third-order valence-electron chi connectivity index (χ3n) is 7.40. The summed E-state index contributed by atoms with van der Waals surface area (Å²) in [4.78, 5) is 13.1. The number of hydrogen-bond acceptors (Lipinski definition) is 6. The van der Waals surface area contributed by atoms with Gasteiger partial charge in [-0.05, 0) is 62.8 Å². The Bertz CT molecular complexity index is 1280. The molecule has 2 fully saturated rings. The van der Waals surface area contributed by atoms with Crippen LogP contribution in [0.4, 0.5) is 19.0 Å². The summed E-state index contributed by atoms with van der Waals surface area (Å²) in [5.74, 6) is 1.52. The van der Waals surface area contributed by atoms with E-state index in [0.29, 0.717) is 39.8 Å². The molecule has 1 aromatic carbocycles. The van der Waals surface area contributed by atoms with Crippen LogP contribution in [-0.4, -0.2) is 68.6 Å². The van der Waals surface area contributed by atoms with Gasteiger partial charge in [0.15, 0.2) is 11.3 Å². The van der Waals surface area contributed by atoms with Crippen molar-refractivity contribution in [2.24, 2.45) is 11.8 Å². The van der Waals surface area contributed by atoms with Crippen molar-refractivity contribution in [3.63, 3.8) is 0 Å². The fraction of sp³-hybridized carbons (Fsp3) is 0.560. The Balaban J connectivity index is 1.40. The number of halogens is 5. The predicted octanol–water partition coefficient (Wildman–Crippen LogP) is 5.29. The van der Waals surface area contributed by atoms with Crippen LogP contribution in [0, 0.1) is 11.8 Å². The summed E-state index contributed by atoms with van der Waals surface area (Å²) in [6.45, 7) is 7.70. The van der Waals surface area contributed by atoms with Crippen LogP contribution in [0.25, 0.3) is 11.2 Å². The third-order valence-corrected chi connectivity index (χ3v) is 7.97. The first kappa shape index (κ1) is 26.5. The molecule has 0 bridgehead atoms. The molecule has 2 saturated heterocycles. The molecule has 0 unspecified atom stereocenters. The summed E-state index contributed by atoms with van der Waals surface area (Å²) < 4.78 is 42.7. The zero-order chi connectivity index (χ0) is 26.5. The molecule has 7 nitrogen and oxygen atoms in total. The Morgan fingerprint density at radius 1 is 1.14 bits per heavy atom. The number of likely N-dealkylation sites (tertiary alicyclic amines) is 1. The average Bonchev–Trinajstić information content (AvgIpc) is 3.17. The Morgan fingerprint density at radius 3 is 2.57 bits per heavy atom. The zero-order valence-corrected chi connectivity index (χ0v) is 22.1. The molecule has 5 rings (SSSR count). The van der Waals surface area contributed by atoms with E-state index in [1.807, 2.05) is 0 Å². The van der Waals surface area contributed by atoms with Crippen LogP contribution in [0.2, 0.25) is 10.0 Å². The molecule has 0 saturated carbocycles. The Morgan fingerprint density at radius 2 is 1.89 bits per heavy atom. The van der Waals surface area contributed by atoms with Gasteiger partial charge < -0.3 is 14.9 Å². The standard InChI is InChI=1S/C25H29Cl2F3N6O/c1-14(37)10-34-7-3-4-16(11-34)17-12-35(13-17)21-9-31-22-23(25(28,29)30)33-36(24(22)32-21)15(2)19-6-5-18(26)8-20(19)27/h5-6,8-9,14-17,37H,3-4,7,10-13H2,1-2H3/t14-,15+,16-/m0/s1. The number of aromatic nitrogens is 4. The second-order valence-electron chi connectivity index (χ2n) is 10.2. The van der Waals surface area contributed by atoms with Gasteiger partial charge in [0.05, 0.1) is 18.3 Å². The molecule has 3 aromatic rings. The van der Waals surface area contributed by atoms with Gasteiger partial charge in [0.25, 0.3) is 0 Å². The van der Waals surface area contributed by atoms with Gasteiger partial charge in [-0.2, -0.15) is 18.3 Å². The topological polar surface area (TPSA) is 70.3 Å². The molecule has 4 heterocycles. The largest absolute Gasteiger partial charge is 0.437 e. The van der Waals surface area contributed by atoms with E-state index in [4.69, 9.17) is 23.2 Å². The Labute approximate surface area is 223 Å². The fourth-order valence-electron chi connectivity index (χ4n) is 5.50. The van der Waals surface area contributed by atoms with Gasteiger partial charge in [-0.1, -0.05) is 29.3 Å². The minimum Gasteiger partial charge on any atom is -0.392 e. The van der Waals surface area contributed by atoms with Crippen LogP contribution in [-0.2, 0) is 6.18 Å². The number of benzene rings is 1. The highest BCUT2D eigenvalue weighted by atomic mass is 35.5. The van der Waals surface area contributed by atoms with Gasteiger partial charge in [0, 0.05) is 36.2 Å². The maximum atomic E-state index is 13.8. The lowest BCUT2D eigenvalue weighted by molar-refractivity contribution is -0.140. The van der Waals surface area contributed by atoms with Crippen LogP contribution in [0.15, 0.2) is 24.4 Å². The second kappa shape index (κ2) is 10.2. The lowest BCUT2D eigenvalue weighted by atomic mass is 9.80. The van der Waals surface area contributed by atoms with Crippen molar-refractivity contribution in [2.45, 2.75) is 45.0 Å². The smallest absolute Gasteiger partial charge is 0.392 e. The van der Waals surface area contributed by atoms with Gasteiger partial charge in [-0.25, -0.2) is 14.6 Å². The highest BCUT2D eigenvalue weighted by Crippen LogP contribution is 2.38. The molecule has 2 aromatic heterocycles. The van der Waals surface area contributed by atoms with Crippen LogP contribution in [0.1, 0.15) is 44.0 Å². The molecular weight excluding hydrogens is 528 g/mol. The van der Waals surface area contributed by atoms with E-state index in [-0.39, 0.29) is 17.3 Å². The second-order valence-corrected chi connectivity index (χ2v) is 11.1. The molecule has 2 aliphatic rings. The molecule has 0 spiro atoms. The number of alkyl halides is 3. The SMILES string of the molecule is C[C@H](O)CN1CCC[C@H](C2CN(c3cnc4c(C(F)(F)F)nn([C@H](C)c5ccc(Cl)cc5Cl)c4n3)C2)C1. The quantitative estimate of drug-likeness (QED) is 0.444. The summed E-state index contributed by atoms with van der Waals surface area (Å²) in [7, 11) is 0. The molecule has 0 amide bonds. The number of nitrogens with zero attached hydrogens (tertiary/aromatic N) is 6. The number of aliphatic hydroxyl groups is 1. The maximum Gasteiger partial charge on any atom is 0.437 e. The first-order chi connectivity index (χ1) is 17.5. The molecule has 3 atom stereocenters. The van der Waals surface area contributed by atoms with E-state index in [2.05, 4.69) is 24.9 Å². The molecule has 37 heavy (non-hydrogen) atoms. The van der Waals surface area contributed by atoms with Crippen molar-refractivity contribution in [1.29, 1.82) is 0 Å². The van der Waals surface area contributed by atoms with E-state index in [0.717, 1.165) is 39.0 Å². The monoisotopic (exact) mass is 556 g/mol. The van der Waals surface area contributed by atoms with Crippen LogP contribution in [0.5, 0.6) is 0 Å². The predicted molar refractivity (Wildman–Crippen MR) is 137 cm³/mol. The number of fused-ring (bicyclic) bond motifs is 1. The maximum absolute atomic E-state index is 13.8. The lowest BCUT2D eigenvalue weighted by Crippen LogP contribution is -2.54. The van der Waals surface area contributed by atoms with E-state index in [1.54, 1.807) is 32.0 Å². The molecule has 0 aliphatic carbocycles. The van der Waals surface area contributed by atoms with Crippen LogP contribution in [0.3, 0.4) is 0 Å². The van der Waals surface area contributed by atoms with E-state index < -0.39 is 17.9 Å². The molecule has 12 heteroatoms. The summed E-state index contributed by atoms with van der Waals surface area (Å²) >= 11 is 12.4. The number of anilines is 1. The lowest BCUT2D eigenvalue weighted by Gasteiger charge is -2.47. The van der Waals surface area contributed by atoms with E-state index in [1.165, 1.54) is 10.9 Å². The number of hydrogen-bond donors (Lipinski definition) is 1. The Hall–Kier alpha value is -2.14. The fourth-order valence-corrected chi connectivity index (χ4v) is 6.06. The van der Waals surface area contributed by atoms with E-state index in [9.17, 15) is 18.3 Å². The van der Waals surface area contributed by atoms with Crippen molar-refractivity contribution < 1.29 is 18.3 Å². The van der Waals surface area contributed by atoms with Crippen LogP contribution >= 0.6 is 23.2 Å². The number of aliphatic hydroxyl groups excluding tert-OH is 1. The molecule has 2 aliphatic heterocycles. The van der Waals surface area contributed by atoms with Gasteiger partial charge in [-0.15, -0.1) is 0 Å². The summed E-state index contributed by atoms with van der Waals surface area (Å²) in [6, 6.07) is 4.24. The average molecular weight is 557 g/mol. The first-order valence-corrected chi connectivity index (χ1v) is 13.2. The Kier molecular flexibility index (Phi) is 7.30. The van der Waals surface area contributed by atoms with Crippen molar-refractivity contribution in [3.8, 4) is 0 Å². The van der Waals surface area contributed by atoms with E-state index >= 15 is 0 Å². The van der Waals surface area contributed by atoms with Gasteiger partial charge in [-0.3, -0.25) is 0 Å². The van der Waals surface area contributed by atoms with Crippen molar-refractivity contribution in [2.75, 3.05) is 37.6 Å². The summed E-state index contributed by atoms with van der Waals surface area (Å²) in [5, 5.41) is 14.4. The molecule has 1 N–H and O–H groups in total. The number of β-amino-alcohol motifs (C(OH)–C–C–N with tert-alkyl or cyclic N) is 1. The van der Waals surface area contributed by atoms with Crippen molar-refractivity contribution >= 4 is 40.2 Å². The van der Waals surface area contributed by atoms with Crippen molar-refractivity contribution in [3.05, 3.63) is 45.7 Å². The number of piperidine rings is 1. The van der Waals surface area contributed by atoms with Gasteiger partial charge in [0.2, 0.25) is 0 Å². The number of rotatable bonds is 6. The van der Waals surface area contributed by atoms with Crippen molar-refractivity contribution in [1.82, 2.24) is 24.6 Å². The minimum absolute atomic E-state index is 0.0626. The van der Waals surface area contributed by atoms with Gasteiger partial charge >= 0.3 is 6.18 Å². The highest BCUT2D eigenvalue weighted by molar-refractivity contribution is 6.35. The molecule has 200 valence electrons. The van der Waals surface area contributed by atoms with Gasteiger partial charge in [0.1, 0.15) is 11.3 Å². The summed E-state index contributed by atoms with van der Waals surface area (Å²) in [5.41, 5.74) is -0.710. The normalized spacial score (nSPS) is 21.3. The zero-order valence-electron chi connectivity index (χ0n) is 20.6. The highest BCUT2D eigenvalue weighted by Gasteiger charge is 2.40. The van der Waals surface area contributed by atoms with Crippen LogP contribution < -0.4 is 4.90 Å². The molecular formula is C25H29Cl2F3N6O. The summed E-state index contributed by atoms with van der Waals surface area (Å²) in [6.07, 6.45) is -1.38.